The molecule has 2 N–H and O–H groups in total. The van der Waals surface area contributed by atoms with Gasteiger partial charge in [-0.2, -0.15) is 0 Å². The summed E-state index contributed by atoms with van der Waals surface area (Å²) >= 11 is 0. The monoisotopic (exact) mass is 184 g/mol. The molecule has 1 aliphatic rings. The summed E-state index contributed by atoms with van der Waals surface area (Å²) in [6.45, 7) is 4.53. The predicted octanol–water partition coefficient (Wildman–Crippen LogP) is -0.173. The summed E-state index contributed by atoms with van der Waals surface area (Å²) < 4.78 is 0. The fraction of sp³-hybridized carbons (Fsp3) is 0.889. The Kier molecular flexibility index (Phi) is 4.78. The summed E-state index contributed by atoms with van der Waals surface area (Å²) in [5.74, 6) is 0.136. The smallest absolute Gasteiger partial charge is 0.221 e. The molecule has 1 saturated heterocycles. The van der Waals surface area contributed by atoms with Crippen LogP contribution in [-0.2, 0) is 4.79 Å². The van der Waals surface area contributed by atoms with Crippen molar-refractivity contribution in [1.29, 1.82) is 0 Å². The molecule has 1 heterocycles. The summed E-state index contributed by atoms with van der Waals surface area (Å²) in [6, 6.07) is 0. The summed E-state index contributed by atoms with van der Waals surface area (Å²) in [6.07, 6.45) is 2.73. The molecule has 13 heavy (non-hydrogen) atoms. The molecular formula is C9H18N3O. The lowest BCUT2D eigenvalue weighted by molar-refractivity contribution is -0.122. The number of amides is 1. The van der Waals surface area contributed by atoms with E-state index in [9.17, 15) is 4.79 Å². The van der Waals surface area contributed by atoms with E-state index >= 15 is 0 Å². The van der Waals surface area contributed by atoms with Crippen molar-refractivity contribution in [2.75, 3.05) is 19.6 Å². The Balaban J connectivity index is 2.11. The molecule has 1 rings (SSSR count). The number of unbranched alkanes of at least 4 members (excludes halogenated alkanes) is 1. The van der Waals surface area contributed by atoms with E-state index < -0.39 is 0 Å². The molecule has 1 atom stereocenters. The van der Waals surface area contributed by atoms with Crippen LogP contribution in [0.25, 0.3) is 0 Å². The SMILES string of the molecule is CCCCC(=O)NC1C[N]CCN1. The maximum absolute atomic E-state index is 11.3. The molecule has 0 aromatic heterocycles. The lowest BCUT2D eigenvalue weighted by Gasteiger charge is -2.24. The van der Waals surface area contributed by atoms with Gasteiger partial charge < -0.3 is 5.32 Å². The molecule has 4 nitrogen and oxygen atoms in total. The van der Waals surface area contributed by atoms with Crippen LogP contribution < -0.4 is 16.0 Å². The highest BCUT2D eigenvalue weighted by molar-refractivity contribution is 5.76. The standard InChI is InChI=1S/C9H18N3O/c1-2-3-4-9(13)12-8-7-10-5-6-11-8/h8,11H,2-7H2,1H3,(H,12,13). The average molecular weight is 184 g/mol. The van der Waals surface area contributed by atoms with Gasteiger partial charge in [-0.1, -0.05) is 13.3 Å². The number of carbonyl (C=O) groups is 1. The van der Waals surface area contributed by atoms with E-state index in [2.05, 4.69) is 22.9 Å². The second-order valence-electron chi connectivity index (χ2n) is 3.31. The van der Waals surface area contributed by atoms with Gasteiger partial charge in [0, 0.05) is 26.1 Å². The zero-order valence-electron chi connectivity index (χ0n) is 8.18. The number of carbonyl (C=O) groups excluding carboxylic acids is 1. The van der Waals surface area contributed by atoms with Gasteiger partial charge >= 0.3 is 0 Å². The third kappa shape index (κ3) is 4.24. The van der Waals surface area contributed by atoms with Gasteiger partial charge in [0.2, 0.25) is 5.91 Å². The number of hydrogen-bond donors (Lipinski definition) is 2. The maximum Gasteiger partial charge on any atom is 0.221 e. The minimum absolute atomic E-state index is 0.0677. The fourth-order valence-corrected chi connectivity index (χ4v) is 1.30. The fourth-order valence-electron chi connectivity index (χ4n) is 1.30. The van der Waals surface area contributed by atoms with Crippen molar-refractivity contribution < 1.29 is 4.79 Å². The third-order valence-electron chi connectivity index (χ3n) is 2.06. The van der Waals surface area contributed by atoms with Crippen LogP contribution >= 0.6 is 0 Å². The van der Waals surface area contributed by atoms with Crippen molar-refractivity contribution in [3.8, 4) is 0 Å². The third-order valence-corrected chi connectivity index (χ3v) is 2.06. The van der Waals surface area contributed by atoms with Gasteiger partial charge in [0.15, 0.2) is 0 Å². The molecule has 75 valence electrons. The van der Waals surface area contributed by atoms with Crippen molar-refractivity contribution in [3.63, 3.8) is 0 Å². The first kappa shape index (κ1) is 10.5. The summed E-state index contributed by atoms with van der Waals surface area (Å²) in [5.41, 5.74) is 0. The van der Waals surface area contributed by atoms with Gasteiger partial charge in [-0.3, -0.25) is 10.1 Å². The summed E-state index contributed by atoms with van der Waals surface area (Å²) in [4.78, 5) is 11.3. The van der Waals surface area contributed by atoms with E-state index in [0.29, 0.717) is 13.0 Å². The molecule has 0 spiro atoms. The minimum atomic E-state index is 0.0677. The molecule has 0 aromatic rings. The van der Waals surface area contributed by atoms with E-state index in [1.807, 2.05) is 0 Å². The number of rotatable bonds is 4. The Hall–Kier alpha value is -0.610. The molecule has 0 bridgehead atoms. The molecule has 1 amide bonds. The van der Waals surface area contributed by atoms with Crippen LogP contribution in [0.5, 0.6) is 0 Å². The Morgan fingerprint density at radius 3 is 3.15 bits per heavy atom. The summed E-state index contributed by atoms with van der Waals surface area (Å²) in [5, 5.41) is 10.3. The zero-order chi connectivity index (χ0) is 9.52. The van der Waals surface area contributed by atoms with E-state index in [0.717, 1.165) is 25.9 Å². The molecule has 1 fully saturated rings. The van der Waals surface area contributed by atoms with Crippen molar-refractivity contribution >= 4 is 5.91 Å². The first-order chi connectivity index (χ1) is 6.33. The van der Waals surface area contributed by atoms with Crippen LogP contribution in [0.4, 0.5) is 0 Å². The Labute approximate surface area is 79.5 Å². The first-order valence-electron chi connectivity index (χ1n) is 4.99. The minimum Gasteiger partial charge on any atom is -0.339 e. The number of nitrogens with one attached hydrogen (secondary N) is 2. The van der Waals surface area contributed by atoms with E-state index in [-0.39, 0.29) is 12.1 Å². The quantitative estimate of drug-likeness (QED) is 0.637. The Morgan fingerprint density at radius 1 is 1.69 bits per heavy atom. The highest BCUT2D eigenvalue weighted by atomic mass is 16.1. The Morgan fingerprint density at radius 2 is 2.54 bits per heavy atom. The van der Waals surface area contributed by atoms with Crippen LogP contribution in [0.15, 0.2) is 0 Å². The largest absolute Gasteiger partial charge is 0.339 e. The van der Waals surface area contributed by atoms with Gasteiger partial charge in [-0.05, 0) is 6.42 Å². The van der Waals surface area contributed by atoms with Gasteiger partial charge in [-0.15, -0.1) is 0 Å². The zero-order valence-corrected chi connectivity index (χ0v) is 8.18. The van der Waals surface area contributed by atoms with Gasteiger partial charge in [0.25, 0.3) is 0 Å². The predicted molar refractivity (Wildman–Crippen MR) is 51.3 cm³/mol. The van der Waals surface area contributed by atoms with Crippen LogP contribution in [-0.4, -0.2) is 31.7 Å². The second kappa shape index (κ2) is 5.94. The second-order valence-corrected chi connectivity index (χ2v) is 3.31. The molecule has 1 unspecified atom stereocenters. The van der Waals surface area contributed by atoms with Crippen LogP contribution in [0, 0.1) is 0 Å². The summed E-state index contributed by atoms with van der Waals surface area (Å²) in [7, 11) is 0. The van der Waals surface area contributed by atoms with Crippen molar-refractivity contribution in [2.24, 2.45) is 0 Å². The molecular weight excluding hydrogens is 166 g/mol. The molecule has 4 heteroatoms. The first-order valence-corrected chi connectivity index (χ1v) is 4.99. The van der Waals surface area contributed by atoms with Crippen molar-refractivity contribution in [2.45, 2.75) is 32.4 Å². The molecule has 1 aliphatic heterocycles. The Bertz CT molecular complexity index is 155. The van der Waals surface area contributed by atoms with E-state index in [1.54, 1.807) is 0 Å². The molecule has 0 saturated carbocycles. The molecule has 0 aromatic carbocycles. The highest BCUT2D eigenvalue weighted by Gasteiger charge is 2.14. The van der Waals surface area contributed by atoms with Gasteiger partial charge in [-0.25, -0.2) is 5.32 Å². The topological polar surface area (TPSA) is 55.2 Å². The van der Waals surface area contributed by atoms with Gasteiger partial charge in [0.05, 0.1) is 6.17 Å². The average Bonchev–Trinajstić information content (AvgIpc) is 2.16. The normalized spacial score (nSPS) is 22.7. The van der Waals surface area contributed by atoms with Crippen LogP contribution in [0.3, 0.4) is 0 Å². The highest BCUT2D eigenvalue weighted by Crippen LogP contribution is 1.94. The number of nitrogens with zero attached hydrogens (tertiary/aromatic N) is 1. The number of hydrogen-bond acceptors (Lipinski definition) is 2. The van der Waals surface area contributed by atoms with Crippen molar-refractivity contribution in [1.82, 2.24) is 16.0 Å². The van der Waals surface area contributed by atoms with Gasteiger partial charge in [0.1, 0.15) is 0 Å². The number of piperazine rings is 1. The van der Waals surface area contributed by atoms with E-state index in [4.69, 9.17) is 0 Å². The lowest BCUT2D eigenvalue weighted by Crippen LogP contribution is -2.54. The maximum atomic E-state index is 11.3. The lowest BCUT2D eigenvalue weighted by atomic mass is 10.2. The van der Waals surface area contributed by atoms with Crippen LogP contribution in [0.1, 0.15) is 26.2 Å². The molecule has 0 aliphatic carbocycles. The van der Waals surface area contributed by atoms with E-state index in [1.165, 1.54) is 0 Å². The van der Waals surface area contributed by atoms with Crippen molar-refractivity contribution in [3.05, 3.63) is 0 Å². The molecule has 1 radical (unpaired) electrons. The van der Waals surface area contributed by atoms with Crippen LogP contribution in [0.2, 0.25) is 0 Å².